The molecule has 5 heteroatoms. The van der Waals surface area contributed by atoms with Crippen LogP contribution in [-0.2, 0) is 14.3 Å². The maximum absolute atomic E-state index is 12.3. The first-order chi connectivity index (χ1) is 10.2. The fraction of sp³-hybridized carbons (Fsp3) is 0.500. The van der Waals surface area contributed by atoms with Crippen LogP contribution in [0.4, 0.5) is 5.69 Å². The quantitative estimate of drug-likeness (QED) is 0.778. The molecular formula is C16H22N2O3. The minimum atomic E-state index is -0.387. The smallest absolute Gasteiger partial charge is 0.243 e. The minimum Gasteiger partial charge on any atom is -0.385 e. The van der Waals surface area contributed by atoms with Gasteiger partial charge in [-0.15, -0.1) is 0 Å². The number of ether oxygens (including phenoxy) is 1. The zero-order chi connectivity index (χ0) is 15.1. The van der Waals surface area contributed by atoms with E-state index in [1.165, 1.54) is 0 Å². The predicted molar refractivity (Wildman–Crippen MR) is 81.1 cm³/mol. The van der Waals surface area contributed by atoms with Crippen molar-refractivity contribution in [1.82, 2.24) is 5.32 Å². The molecule has 0 bridgehead atoms. The Bertz CT molecular complexity index is 476. The van der Waals surface area contributed by atoms with Crippen molar-refractivity contribution < 1.29 is 14.3 Å². The van der Waals surface area contributed by atoms with Crippen LogP contribution in [-0.4, -0.2) is 38.1 Å². The Hall–Kier alpha value is -1.88. The van der Waals surface area contributed by atoms with Crippen LogP contribution in [0.25, 0.3) is 0 Å². The van der Waals surface area contributed by atoms with E-state index >= 15 is 0 Å². The van der Waals surface area contributed by atoms with Crippen molar-refractivity contribution in [2.75, 3.05) is 25.2 Å². The number of benzene rings is 1. The number of amides is 2. The largest absolute Gasteiger partial charge is 0.385 e. The van der Waals surface area contributed by atoms with Crippen molar-refractivity contribution in [2.45, 2.75) is 31.7 Å². The highest BCUT2D eigenvalue weighted by Gasteiger charge is 2.36. The number of hydrogen-bond donors (Lipinski definition) is 1. The van der Waals surface area contributed by atoms with E-state index in [-0.39, 0.29) is 17.9 Å². The van der Waals surface area contributed by atoms with Gasteiger partial charge in [-0.05, 0) is 31.4 Å². The van der Waals surface area contributed by atoms with Crippen molar-refractivity contribution in [3.05, 3.63) is 30.3 Å². The van der Waals surface area contributed by atoms with E-state index in [0.717, 1.165) is 18.5 Å². The summed E-state index contributed by atoms with van der Waals surface area (Å²) in [6.45, 7) is 1.32. The van der Waals surface area contributed by atoms with Gasteiger partial charge in [-0.1, -0.05) is 18.2 Å². The maximum atomic E-state index is 12.3. The Balaban J connectivity index is 1.92. The number of carbonyl (C=O) groups is 2. The van der Waals surface area contributed by atoms with E-state index in [0.29, 0.717) is 26.0 Å². The second-order valence-electron chi connectivity index (χ2n) is 5.14. The molecule has 0 radical (unpaired) electrons. The average molecular weight is 290 g/mol. The molecule has 0 spiro atoms. The van der Waals surface area contributed by atoms with Gasteiger partial charge in [-0.2, -0.15) is 0 Å². The van der Waals surface area contributed by atoms with Gasteiger partial charge < -0.3 is 10.1 Å². The van der Waals surface area contributed by atoms with Gasteiger partial charge in [0, 0.05) is 32.4 Å². The van der Waals surface area contributed by atoms with Crippen molar-refractivity contribution in [1.29, 1.82) is 0 Å². The highest BCUT2D eigenvalue weighted by atomic mass is 16.5. The summed E-state index contributed by atoms with van der Waals surface area (Å²) in [5.41, 5.74) is 0.791. The molecule has 21 heavy (non-hydrogen) atoms. The van der Waals surface area contributed by atoms with E-state index in [1.54, 1.807) is 12.0 Å². The van der Waals surface area contributed by atoms with Gasteiger partial charge >= 0.3 is 0 Å². The van der Waals surface area contributed by atoms with E-state index in [4.69, 9.17) is 4.74 Å². The summed E-state index contributed by atoms with van der Waals surface area (Å²) >= 11 is 0. The van der Waals surface area contributed by atoms with E-state index in [1.807, 2.05) is 30.3 Å². The molecule has 1 aromatic rings. The normalized spacial score (nSPS) is 18.0. The third-order valence-electron chi connectivity index (χ3n) is 3.62. The first-order valence-electron chi connectivity index (χ1n) is 7.38. The van der Waals surface area contributed by atoms with Gasteiger partial charge in [0.2, 0.25) is 11.8 Å². The van der Waals surface area contributed by atoms with Crippen molar-refractivity contribution in [2.24, 2.45) is 0 Å². The van der Waals surface area contributed by atoms with Crippen molar-refractivity contribution >= 4 is 17.5 Å². The van der Waals surface area contributed by atoms with Crippen LogP contribution in [0.1, 0.15) is 25.7 Å². The standard InChI is InChI=1S/C16H22N2O3/c1-21-12-6-5-11-17-16(20)14-9-10-15(19)18(14)13-7-3-2-4-8-13/h2-4,7-8,14H,5-6,9-12H2,1H3,(H,17,20). The van der Waals surface area contributed by atoms with E-state index in [9.17, 15) is 9.59 Å². The molecular weight excluding hydrogens is 268 g/mol. The van der Waals surface area contributed by atoms with Crippen LogP contribution in [0.5, 0.6) is 0 Å². The third kappa shape index (κ3) is 4.04. The van der Waals surface area contributed by atoms with Crippen LogP contribution in [0.2, 0.25) is 0 Å². The highest BCUT2D eigenvalue weighted by Crippen LogP contribution is 2.26. The number of nitrogens with zero attached hydrogens (tertiary/aromatic N) is 1. The number of anilines is 1. The summed E-state index contributed by atoms with van der Waals surface area (Å²) in [6.07, 6.45) is 2.81. The molecule has 1 fully saturated rings. The predicted octanol–water partition coefficient (Wildman–Crippen LogP) is 1.72. The summed E-state index contributed by atoms with van der Waals surface area (Å²) in [4.78, 5) is 25.9. The molecule has 1 aliphatic heterocycles. The first kappa shape index (κ1) is 15.5. The lowest BCUT2D eigenvalue weighted by molar-refractivity contribution is -0.123. The van der Waals surface area contributed by atoms with Gasteiger partial charge in [0.1, 0.15) is 6.04 Å². The summed E-state index contributed by atoms with van der Waals surface area (Å²) in [5.74, 6) is -0.0529. The molecule has 2 rings (SSSR count). The number of hydrogen-bond acceptors (Lipinski definition) is 3. The fourth-order valence-electron chi connectivity index (χ4n) is 2.55. The Morgan fingerprint density at radius 1 is 1.33 bits per heavy atom. The average Bonchev–Trinajstić information content (AvgIpc) is 2.89. The van der Waals surface area contributed by atoms with E-state index in [2.05, 4.69) is 5.32 Å². The molecule has 1 atom stereocenters. The summed E-state index contributed by atoms with van der Waals surface area (Å²) in [7, 11) is 1.67. The van der Waals surface area contributed by atoms with Crippen LogP contribution in [0.3, 0.4) is 0 Å². The molecule has 1 aliphatic rings. The topological polar surface area (TPSA) is 58.6 Å². The molecule has 1 unspecified atom stereocenters. The second-order valence-corrected chi connectivity index (χ2v) is 5.14. The monoisotopic (exact) mass is 290 g/mol. The molecule has 114 valence electrons. The van der Waals surface area contributed by atoms with Crippen LogP contribution < -0.4 is 10.2 Å². The van der Waals surface area contributed by atoms with Crippen LogP contribution in [0.15, 0.2) is 30.3 Å². The molecule has 0 aromatic heterocycles. The zero-order valence-electron chi connectivity index (χ0n) is 12.4. The third-order valence-corrected chi connectivity index (χ3v) is 3.62. The molecule has 1 saturated heterocycles. The lowest BCUT2D eigenvalue weighted by Crippen LogP contribution is -2.45. The Labute approximate surface area is 125 Å². The first-order valence-corrected chi connectivity index (χ1v) is 7.38. The number of unbranched alkanes of at least 4 members (excludes halogenated alkanes) is 1. The molecule has 1 heterocycles. The van der Waals surface area contributed by atoms with Crippen LogP contribution >= 0.6 is 0 Å². The Morgan fingerprint density at radius 2 is 2.10 bits per heavy atom. The van der Waals surface area contributed by atoms with Gasteiger partial charge in [0.05, 0.1) is 0 Å². The highest BCUT2D eigenvalue weighted by molar-refractivity contribution is 6.03. The summed E-state index contributed by atoms with van der Waals surface area (Å²) < 4.78 is 4.97. The summed E-state index contributed by atoms with van der Waals surface area (Å²) in [5, 5.41) is 2.92. The maximum Gasteiger partial charge on any atom is 0.243 e. The molecule has 0 saturated carbocycles. The van der Waals surface area contributed by atoms with Crippen molar-refractivity contribution in [3.63, 3.8) is 0 Å². The molecule has 2 amide bonds. The van der Waals surface area contributed by atoms with Gasteiger partial charge in [0.25, 0.3) is 0 Å². The van der Waals surface area contributed by atoms with Crippen molar-refractivity contribution in [3.8, 4) is 0 Å². The molecule has 0 aliphatic carbocycles. The minimum absolute atomic E-state index is 0.0146. The molecule has 1 N–H and O–H groups in total. The summed E-state index contributed by atoms with van der Waals surface area (Å²) in [6, 6.07) is 8.99. The van der Waals surface area contributed by atoms with Crippen LogP contribution in [0, 0.1) is 0 Å². The lowest BCUT2D eigenvalue weighted by atomic mass is 10.2. The van der Waals surface area contributed by atoms with Gasteiger partial charge in [0.15, 0.2) is 0 Å². The number of methoxy groups -OCH3 is 1. The number of para-hydroxylation sites is 1. The van der Waals surface area contributed by atoms with Gasteiger partial charge in [-0.25, -0.2) is 0 Å². The SMILES string of the molecule is COCCCCNC(=O)C1CCC(=O)N1c1ccccc1. The lowest BCUT2D eigenvalue weighted by Gasteiger charge is -2.24. The Kier molecular flexibility index (Phi) is 5.75. The zero-order valence-corrected chi connectivity index (χ0v) is 12.4. The number of nitrogens with one attached hydrogen (secondary N) is 1. The fourth-order valence-corrected chi connectivity index (χ4v) is 2.55. The van der Waals surface area contributed by atoms with E-state index < -0.39 is 0 Å². The number of rotatable bonds is 7. The Morgan fingerprint density at radius 3 is 2.81 bits per heavy atom. The molecule has 5 nitrogen and oxygen atoms in total. The molecule has 1 aromatic carbocycles. The number of carbonyl (C=O) groups excluding carboxylic acids is 2. The van der Waals surface area contributed by atoms with Gasteiger partial charge in [-0.3, -0.25) is 14.5 Å². The second kappa shape index (κ2) is 7.78.